The van der Waals surface area contributed by atoms with Crippen molar-refractivity contribution in [1.82, 2.24) is 10.6 Å². The van der Waals surface area contributed by atoms with Crippen LogP contribution in [0.25, 0.3) is 0 Å². The number of amides is 2. The third-order valence-electron chi connectivity index (χ3n) is 6.47. The molecule has 0 saturated carbocycles. The molecule has 36 heavy (non-hydrogen) atoms. The molecule has 2 aliphatic rings. The van der Waals surface area contributed by atoms with E-state index >= 15 is 0 Å². The third-order valence-corrected chi connectivity index (χ3v) is 6.99. The molecule has 8 heteroatoms. The van der Waals surface area contributed by atoms with Crippen LogP contribution in [0.15, 0.2) is 42.0 Å². The molecule has 0 aromatic heterocycles. The van der Waals surface area contributed by atoms with E-state index in [4.69, 9.17) is 25.8 Å². The Morgan fingerprint density at radius 1 is 1.19 bits per heavy atom. The van der Waals surface area contributed by atoms with Crippen LogP contribution in [-0.4, -0.2) is 49.0 Å². The molecule has 4 atom stereocenters. The van der Waals surface area contributed by atoms with Gasteiger partial charge in [0.25, 0.3) is 0 Å². The summed E-state index contributed by atoms with van der Waals surface area (Å²) in [7, 11) is 0. The van der Waals surface area contributed by atoms with Gasteiger partial charge in [-0.2, -0.15) is 0 Å². The van der Waals surface area contributed by atoms with Gasteiger partial charge in [-0.25, -0.2) is 9.59 Å². The molecule has 0 saturated heterocycles. The van der Waals surface area contributed by atoms with E-state index in [2.05, 4.69) is 35.8 Å². The lowest BCUT2D eigenvalue weighted by Crippen LogP contribution is -2.42. The Bertz CT molecular complexity index is 985. The van der Waals surface area contributed by atoms with Gasteiger partial charge in [0.05, 0.1) is 18.5 Å². The van der Waals surface area contributed by atoms with E-state index in [1.807, 2.05) is 39.0 Å². The van der Waals surface area contributed by atoms with Gasteiger partial charge < -0.3 is 24.8 Å². The quantitative estimate of drug-likeness (QED) is 0.332. The SMILES string of the molecule is CCOC(=O)NC1CCc2ccc(OCCNC(=O)OC(C)(C)C)cc2C1CC1=CC=CC(Cl)C1C. The van der Waals surface area contributed by atoms with Crippen LogP contribution in [0, 0.1) is 5.92 Å². The normalized spacial score (nSPS) is 23.2. The topological polar surface area (TPSA) is 85.9 Å². The minimum Gasteiger partial charge on any atom is -0.492 e. The van der Waals surface area contributed by atoms with Crippen LogP contribution in [0.2, 0.25) is 0 Å². The fourth-order valence-electron chi connectivity index (χ4n) is 4.67. The van der Waals surface area contributed by atoms with Crippen LogP contribution in [0.3, 0.4) is 0 Å². The highest BCUT2D eigenvalue weighted by Crippen LogP contribution is 2.41. The highest BCUT2D eigenvalue weighted by molar-refractivity contribution is 6.22. The number of fused-ring (bicyclic) bond motifs is 1. The van der Waals surface area contributed by atoms with Gasteiger partial charge in [0.2, 0.25) is 0 Å². The van der Waals surface area contributed by atoms with Gasteiger partial charge in [-0.1, -0.05) is 36.8 Å². The fourth-order valence-corrected chi connectivity index (χ4v) is 4.91. The Morgan fingerprint density at radius 3 is 2.69 bits per heavy atom. The number of hydrogen-bond acceptors (Lipinski definition) is 5. The highest BCUT2D eigenvalue weighted by Gasteiger charge is 2.34. The van der Waals surface area contributed by atoms with E-state index in [0.717, 1.165) is 30.6 Å². The lowest BCUT2D eigenvalue weighted by Gasteiger charge is -2.36. The number of carbonyl (C=O) groups excluding carboxylic acids is 2. The molecule has 1 aromatic carbocycles. The zero-order chi connectivity index (χ0) is 26.3. The van der Waals surface area contributed by atoms with Crippen molar-refractivity contribution in [2.75, 3.05) is 19.8 Å². The molecular formula is C28H39ClN2O5. The summed E-state index contributed by atoms with van der Waals surface area (Å²) in [4.78, 5) is 24.2. The second-order valence-electron chi connectivity index (χ2n) is 10.3. The molecule has 7 nitrogen and oxygen atoms in total. The Kier molecular flexibility index (Phi) is 9.71. The van der Waals surface area contributed by atoms with Crippen LogP contribution in [0.4, 0.5) is 9.59 Å². The van der Waals surface area contributed by atoms with E-state index in [9.17, 15) is 9.59 Å². The van der Waals surface area contributed by atoms with Crippen LogP contribution < -0.4 is 15.4 Å². The first kappa shape index (κ1) is 27.9. The zero-order valence-electron chi connectivity index (χ0n) is 21.9. The van der Waals surface area contributed by atoms with Crippen LogP contribution >= 0.6 is 11.6 Å². The maximum atomic E-state index is 12.3. The Hall–Kier alpha value is -2.67. The van der Waals surface area contributed by atoms with Gasteiger partial charge in [-0.05, 0) is 76.1 Å². The average molecular weight is 519 g/mol. The zero-order valence-corrected chi connectivity index (χ0v) is 22.7. The lowest BCUT2D eigenvalue weighted by atomic mass is 9.74. The fraction of sp³-hybridized carbons (Fsp3) is 0.571. The van der Waals surface area contributed by atoms with Crippen molar-refractivity contribution in [3.05, 3.63) is 53.1 Å². The third kappa shape index (κ3) is 7.92. The molecule has 0 spiro atoms. The molecule has 2 N–H and O–H groups in total. The van der Waals surface area contributed by atoms with Crippen molar-refractivity contribution in [3.8, 4) is 5.75 Å². The first-order chi connectivity index (χ1) is 17.1. The molecular weight excluding hydrogens is 480 g/mol. The van der Waals surface area contributed by atoms with E-state index in [1.165, 1.54) is 11.1 Å². The largest absolute Gasteiger partial charge is 0.492 e. The van der Waals surface area contributed by atoms with E-state index < -0.39 is 17.8 Å². The number of hydrogen-bond donors (Lipinski definition) is 2. The number of benzene rings is 1. The Balaban J connectivity index is 1.74. The molecule has 2 amide bonds. The number of ether oxygens (including phenoxy) is 3. The summed E-state index contributed by atoms with van der Waals surface area (Å²) in [5.74, 6) is 0.997. The second kappa shape index (κ2) is 12.5. The maximum Gasteiger partial charge on any atom is 0.407 e. The summed E-state index contributed by atoms with van der Waals surface area (Å²) in [5, 5.41) is 5.75. The minimum absolute atomic E-state index is 0.0448. The second-order valence-corrected chi connectivity index (χ2v) is 10.8. The molecule has 4 unspecified atom stereocenters. The van der Waals surface area contributed by atoms with E-state index in [0.29, 0.717) is 19.8 Å². The maximum absolute atomic E-state index is 12.3. The first-order valence-corrected chi connectivity index (χ1v) is 13.2. The van der Waals surface area contributed by atoms with Gasteiger partial charge >= 0.3 is 12.2 Å². The Labute approximate surface area is 219 Å². The Morgan fingerprint density at radius 2 is 1.97 bits per heavy atom. The summed E-state index contributed by atoms with van der Waals surface area (Å²) in [6, 6.07) is 6.06. The predicted molar refractivity (Wildman–Crippen MR) is 142 cm³/mol. The highest BCUT2D eigenvalue weighted by atomic mass is 35.5. The van der Waals surface area contributed by atoms with Crippen molar-refractivity contribution in [2.45, 2.75) is 76.8 Å². The molecule has 0 fully saturated rings. The summed E-state index contributed by atoms with van der Waals surface area (Å²) in [6.45, 7) is 10.4. The molecule has 2 aliphatic carbocycles. The number of alkyl halides is 1. The molecule has 1 aromatic rings. The van der Waals surface area contributed by atoms with Gasteiger partial charge in [0.1, 0.15) is 18.0 Å². The van der Waals surface area contributed by atoms with Crippen LogP contribution in [0.5, 0.6) is 5.75 Å². The summed E-state index contributed by atoms with van der Waals surface area (Å²) < 4.78 is 16.4. The van der Waals surface area contributed by atoms with Gasteiger partial charge in [-0.15, -0.1) is 11.6 Å². The number of alkyl carbamates (subject to hydrolysis) is 2. The number of aryl methyl sites for hydroxylation is 1. The molecule has 3 rings (SSSR count). The monoisotopic (exact) mass is 518 g/mol. The van der Waals surface area contributed by atoms with Crippen molar-refractivity contribution in [1.29, 1.82) is 0 Å². The van der Waals surface area contributed by atoms with Crippen LogP contribution in [0.1, 0.15) is 64.5 Å². The van der Waals surface area contributed by atoms with Crippen molar-refractivity contribution in [2.24, 2.45) is 5.92 Å². The number of allylic oxidation sites excluding steroid dienone is 4. The average Bonchev–Trinajstić information content (AvgIpc) is 2.80. The van der Waals surface area contributed by atoms with Crippen molar-refractivity contribution in [3.63, 3.8) is 0 Å². The number of halogens is 1. The number of carbonyl (C=O) groups is 2. The summed E-state index contributed by atoms with van der Waals surface area (Å²) >= 11 is 6.52. The smallest absolute Gasteiger partial charge is 0.407 e. The molecule has 198 valence electrons. The van der Waals surface area contributed by atoms with Crippen LogP contribution in [-0.2, 0) is 15.9 Å². The van der Waals surface area contributed by atoms with Crippen molar-refractivity contribution >= 4 is 23.8 Å². The van der Waals surface area contributed by atoms with Gasteiger partial charge in [0.15, 0.2) is 0 Å². The lowest BCUT2D eigenvalue weighted by molar-refractivity contribution is 0.0520. The first-order valence-electron chi connectivity index (χ1n) is 12.7. The molecule has 0 aliphatic heterocycles. The number of rotatable bonds is 8. The predicted octanol–water partition coefficient (Wildman–Crippen LogP) is 5.86. The standard InChI is InChI=1S/C28H39ClN2O5/c1-6-34-27(33)31-25-13-11-19-10-12-21(35-15-14-30-26(32)36-28(3,4)5)17-22(19)23(25)16-20-8-7-9-24(29)18(20)2/h7-10,12,17-18,23-25H,6,11,13-16H2,1-5H3,(H,30,32)(H,31,33). The minimum atomic E-state index is -0.545. The van der Waals surface area contributed by atoms with Gasteiger partial charge in [-0.3, -0.25) is 0 Å². The number of nitrogens with one attached hydrogen (secondary N) is 2. The molecule has 0 radical (unpaired) electrons. The summed E-state index contributed by atoms with van der Waals surface area (Å²) in [6.07, 6.45) is 7.78. The van der Waals surface area contributed by atoms with E-state index in [1.54, 1.807) is 6.92 Å². The molecule has 0 heterocycles. The van der Waals surface area contributed by atoms with Crippen molar-refractivity contribution < 1.29 is 23.8 Å². The van der Waals surface area contributed by atoms with Gasteiger partial charge in [0, 0.05) is 12.0 Å². The van der Waals surface area contributed by atoms with E-state index in [-0.39, 0.29) is 23.3 Å². The summed E-state index contributed by atoms with van der Waals surface area (Å²) in [5.41, 5.74) is 3.13. The molecule has 0 bridgehead atoms.